The lowest BCUT2D eigenvalue weighted by Crippen LogP contribution is -2.59. The molecule has 0 spiro atoms. The molecule has 5 unspecified atom stereocenters. The SMILES string of the molecule is CCC(C)C(NC(=O)C(Cc1c[nH]c2ccccc12)NC(=O)C(N)C(C)O)C(=O)NCC(=O)O. The number of aliphatic hydroxyl groups is 1. The van der Waals surface area contributed by atoms with Crippen molar-refractivity contribution in [2.75, 3.05) is 6.54 Å². The molecule has 11 nitrogen and oxygen atoms in total. The van der Waals surface area contributed by atoms with Crippen LogP contribution in [0.15, 0.2) is 30.5 Å². The van der Waals surface area contributed by atoms with E-state index >= 15 is 0 Å². The van der Waals surface area contributed by atoms with Gasteiger partial charge in [-0.3, -0.25) is 19.2 Å². The van der Waals surface area contributed by atoms with E-state index in [1.165, 1.54) is 6.92 Å². The number of carboxylic acids is 1. The van der Waals surface area contributed by atoms with Gasteiger partial charge in [0.1, 0.15) is 24.7 Å². The van der Waals surface area contributed by atoms with Crippen LogP contribution in [0.2, 0.25) is 0 Å². The number of carbonyl (C=O) groups is 4. The van der Waals surface area contributed by atoms with Gasteiger partial charge in [-0.1, -0.05) is 38.5 Å². The maximum Gasteiger partial charge on any atom is 0.322 e. The van der Waals surface area contributed by atoms with Crippen LogP contribution in [-0.4, -0.2) is 69.7 Å². The highest BCUT2D eigenvalue weighted by atomic mass is 16.4. The second kappa shape index (κ2) is 12.1. The Morgan fingerprint density at radius 1 is 1.06 bits per heavy atom. The molecule has 3 amide bonds. The maximum absolute atomic E-state index is 13.3. The molecular weight excluding hydrogens is 442 g/mol. The largest absolute Gasteiger partial charge is 0.480 e. The van der Waals surface area contributed by atoms with E-state index in [0.29, 0.717) is 6.42 Å². The molecular formula is C23H33N5O6. The third-order valence-electron chi connectivity index (χ3n) is 5.76. The van der Waals surface area contributed by atoms with Crippen LogP contribution in [0.3, 0.4) is 0 Å². The zero-order chi connectivity index (χ0) is 25.4. The molecule has 1 aromatic heterocycles. The van der Waals surface area contributed by atoms with E-state index in [0.717, 1.165) is 16.5 Å². The summed E-state index contributed by atoms with van der Waals surface area (Å²) in [7, 11) is 0. The van der Waals surface area contributed by atoms with Crippen molar-refractivity contribution in [3.05, 3.63) is 36.0 Å². The Morgan fingerprint density at radius 3 is 2.35 bits per heavy atom. The van der Waals surface area contributed by atoms with Gasteiger partial charge < -0.3 is 36.9 Å². The number of rotatable bonds is 12. The first-order chi connectivity index (χ1) is 16.0. The summed E-state index contributed by atoms with van der Waals surface area (Å²) in [6.07, 6.45) is 1.24. The molecule has 0 aliphatic carbocycles. The van der Waals surface area contributed by atoms with Gasteiger partial charge in [0.05, 0.1) is 6.10 Å². The van der Waals surface area contributed by atoms with Crippen LogP contribution in [-0.2, 0) is 25.6 Å². The average Bonchev–Trinajstić information content (AvgIpc) is 3.21. The van der Waals surface area contributed by atoms with Gasteiger partial charge in [0.2, 0.25) is 17.7 Å². The van der Waals surface area contributed by atoms with Crippen molar-refractivity contribution in [1.29, 1.82) is 0 Å². The van der Waals surface area contributed by atoms with Gasteiger partial charge in [0.15, 0.2) is 0 Å². The van der Waals surface area contributed by atoms with Crippen LogP contribution in [0.25, 0.3) is 10.9 Å². The Balaban J connectivity index is 2.29. The monoisotopic (exact) mass is 475 g/mol. The first kappa shape index (κ1) is 26.8. The van der Waals surface area contributed by atoms with Crippen LogP contribution < -0.4 is 21.7 Å². The number of aliphatic hydroxyl groups excluding tert-OH is 1. The fraction of sp³-hybridized carbons (Fsp3) is 0.478. The molecule has 11 heteroatoms. The summed E-state index contributed by atoms with van der Waals surface area (Å²) < 4.78 is 0. The number of aromatic amines is 1. The Bertz CT molecular complexity index is 1020. The van der Waals surface area contributed by atoms with E-state index in [9.17, 15) is 24.3 Å². The maximum atomic E-state index is 13.3. The lowest BCUT2D eigenvalue weighted by Gasteiger charge is -2.27. The Labute approximate surface area is 197 Å². The average molecular weight is 476 g/mol. The van der Waals surface area contributed by atoms with Crippen LogP contribution in [0, 0.1) is 5.92 Å². The molecule has 8 N–H and O–H groups in total. The van der Waals surface area contributed by atoms with E-state index in [4.69, 9.17) is 10.8 Å². The number of para-hydroxylation sites is 1. The number of aliphatic carboxylic acids is 1. The van der Waals surface area contributed by atoms with Crippen molar-refractivity contribution in [2.24, 2.45) is 11.7 Å². The predicted molar refractivity (Wildman–Crippen MR) is 126 cm³/mol. The van der Waals surface area contributed by atoms with Crippen molar-refractivity contribution in [3.8, 4) is 0 Å². The topological polar surface area (TPSA) is 187 Å². The predicted octanol–water partition coefficient (Wildman–Crippen LogP) is -0.365. The number of amides is 3. The second-order valence-corrected chi connectivity index (χ2v) is 8.37. The molecule has 34 heavy (non-hydrogen) atoms. The van der Waals surface area contributed by atoms with Crippen molar-refractivity contribution < 1.29 is 29.4 Å². The summed E-state index contributed by atoms with van der Waals surface area (Å²) in [4.78, 5) is 52.4. The normalized spacial score (nSPS) is 15.6. The summed E-state index contributed by atoms with van der Waals surface area (Å²) in [5, 5.41) is 26.9. The summed E-state index contributed by atoms with van der Waals surface area (Å²) in [6.45, 7) is 4.37. The lowest BCUT2D eigenvalue weighted by atomic mass is 9.97. The second-order valence-electron chi connectivity index (χ2n) is 8.37. The van der Waals surface area contributed by atoms with Crippen molar-refractivity contribution >= 4 is 34.6 Å². The fourth-order valence-corrected chi connectivity index (χ4v) is 3.45. The molecule has 0 aliphatic rings. The van der Waals surface area contributed by atoms with Crippen LogP contribution >= 0.6 is 0 Å². The molecule has 0 saturated carbocycles. The summed E-state index contributed by atoms with van der Waals surface area (Å²) in [5.41, 5.74) is 7.36. The number of carboxylic acid groups (broad SMARTS) is 1. The van der Waals surface area contributed by atoms with Crippen LogP contribution in [0.5, 0.6) is 0 Å². The number of nitrogens with two attached hydrogens (primary N) is 1. The highest BCUT2D eigenvalue weighted by molar-refractivity contribution is 5.94. The van der Waals surface area contributed by atoms with E-state index in [-0.39, 0.29) is 12.3 Å². The molecule has 2 rings (SSSR count). The van der Waals surface area contributed by atoms with Gasteiger partial charge in [-0.05, 0) is 24.5 Å². The summed E-state index contributed by atoms with van der Waals surface area (Å²) >= 11 is 0. The van der Waals surface area contributed by atoms with Gasteiger partial charge in [-0.25, -0.2) is 0 Å². The van der Waals surface area contributed by atoms with E-state index in [1.807, 2.05) is 31.2 Å². The van der Waals surface area contributed by atoms with Gasteiger partial charge in [-0.2, -0.15) is 0 Å². The van der Waals surface area contributed by atoms with Crippen LogP contribution in [0.1, 0.15) is 32.8 Å². The summed E-state index contributed by atoms with van der Waals surface area (Å²) in [6, 6.07) is 4.11. The number of H-pyrrole nitrogens is 1. The number of hydrogen-bond acceptors (Lipinski definition) is 6. The third kappa shape index (κ3) is 7.03. The molecule has 0 radical (unpaired) electrons. The Hall–Kier alpha value is -3.44. The van der Waals surface area contributed by atoms with Crippen molar-refractivity contribution in [1.82, 2.24) is 20.9 Å². The van der Waals surface area contributed by atoms with Gasteiger partial charge >= 0.3 is 5.97 Å². The van der Waals surface area contributed by atoms with Gasteiger partial charge in [0.25, 0.3) is 0 Å². The van der Waals surface area contributed by atoms with Crippen molar-refractivity contribution in [2.45, 2.75) is 57.8 Å². The first-order valence-corrected chi connectivity index (χ1v) is 11.1. The minimum Gasteiger partial charge on any atom is -0.480 e. The standard InChI is InChI=1S/C23H33N5O6/c1-4-12(2)20(23(34)26-11-18(30)31)28-21(32)17(27-22(33)19(24)13(3)29)9-14-10-25-16-8-6-5-7-15(14)16/h5-8,10,12-13,17,19-20,25,29H,4,9,11,24H2,1-3H3,(H,26,34)(H,27,33)(H,28,32)(H,30,31). The van der Waals surface area contributed by atoms with Crippen molar-refractivity contribution in [3.63, 3.8) is 0 Å². The third-order valence-corrected chi connectivity index (χ3v) is 5.76. The molecule has 1 heterocycles. The number of fused-ring (bicyclic) bond motifs is 1. The smallest absolute Gasteiger partial charge is 0.322 e. The Morgan fingerprint density at radius 2 is 1.74 bits per heavy atom. The van der Waals surface area contributed by atoms with Crippen LogP contribution in [0.4, 0.5) is 0 Å². The number of hydrogen-bond donors (Lipinski definition) is 7. The zero-order valence-electron chi connectivity index (χ0n) is 19.5. The molecule has 186 valence electrons. The lowest BCUT2D eigenvalue weighted by molar-refractivity contribution is -0.139. The quantitative estimate of drug-likeness (QED) is 0.218. The molecule has 0 saturated heterocycles. The fourth-order valence-electron chi connectivity index (χ4n) is 3.45. The molecule has 2 aromatic rings. The minimum atomic E-state index is -1.25. The minimum absolute atomic E-state index is 0.0953. The number of carbonyl (C=O) groups excluding carboxylic acids is 3. The molecule has 1 aromatic carbocycles. The molecule has 0 aliphatic heterocycles. The number of aromatic nitrogens is 1. The number of benzene rings is 1. The zero-order valence-corrected chi connectivity index (χ0v) is 19.5. The first-order valence-electron chi connectivity index (χ1n) is 11.1. The van der Waals surface area contributed by atoms with Gasteiger partial charge in [0, 0.05) is 23.5 Å². The van der Waals surface area contributed by atoms with E-state index < -0.39 is 54.5 Å². The number of nitrogens with one attached hydrogen (secondary N) is 4. The molecule has 0 bridgehead atoms. The molecule has 0 fully saturated rings. The molecule has 5 atom stereocenters. The van der Waals surface area contributed by atoms with E-state index in [1.54, 1.807) is 13.1 Å². The highest BCUT2D eigenvalue weighted by Gasteiger charge is 2.32. The Kier molecular flexibility index (Phi) is 9.58. The van der Waals surface area contributed by atoms with Gasteiger partial charge in [-0.15, -0.1) is 0 Å². The summed E-state index contributed by atoms with van der Waals surface area (Å²) in [5.74, 6) is -3.50. The van der Waals surface area contributed by atoms with E-state index in [2.05, 4.69) is 20.9 Å². The highest BCUT2D eigenvalue weighted by Crippen LogP contribution is 2.19.